The zero-order valence-corrected chi connectivity index (χ0v) is 9.49. The molecule has 1 aliphatic heterocycles. The van der Waals surface area contributed by atoms with Gasteiger partial charge in [0.25, 0.3) is 0 Å². The summed E-state index contributed by atoms with van der Waals surface area (Å²) in [5.74, 6) is 0.302. The average Bonchev–Trinajstić information content (AvgIpc) is 2.26. The Balaban J connectivity index is 2.35. The maximum atomic E-state index is 8.52. The Labute approximate surface area is 90.7 Å². The molecule has 0 aromatic rings. The number of oxime groups is 1. The van der Waals surface area contributed by atoms with Gasteiger partial charge in [0.2, 0.25) is 0 Å². The van der Waals surface area contributed by atoms with Crippen molar-refractivity contribution < 1.29 is 9.94 Å². The van der Waals surface area contributed by atoms with E-state index in [1.54, 1.807) is 0 Å². The van der Waals surface area contributed by atoms with Gasteiger partial charge >= 0.3 is 0 Å². The summed E-state index contributed by atoms with van der Waals surface area (Å²) in [6.45, 7) is 6.36. The Morgan fingerprint density at radius 3 is 3.00 bits per heavy atom. The van der Waals surface area contributed by atoms with Crippen LogP contribution in [0.3, 0.4) is 0 Å². The molecule has 15 heavy (non-hydrogen) atoms. The molecule has 5 heteroatoms. The number of nitrogens with two attached hydrogens (primary N) is 1. The molecule has 0 spiro atoms. The van der Waals surface area contributed by atoms with E-state index in [4.69, 9.17) is 15.7 Å². The summed E-state index contributed by atoms with van der Waals surface area (Å²) in [5.41, 5.74) is 5.53. The second-order valence-corrected chi connectivity index (χ2v) is 4.52. The second-order valence-electron chi connectivity index (χ2n) is 4.52. The zero-order chi connectivity index (χ0) is 11.3. The molecular formula is C10H21N3O2. The van der Waals surface area contributed by atoms with Gasteiger partial charge in [0, 0.05) is 24.6 Å². The van der Waals surface area contributed by atoms with E-state index in [-0.39, 0.29) is 17.3 Å². The highest BCUT2D eigenvalue weighted by atomic mass is 16.5. The summed E-state index contributed by atoms with van der Waals surface area (Å²) in [6, 6.07) is 0. The third-order valence-corrected chi connectivity index (χ3v) is 2.89. The van der Waals surface area contributed by atoms with Gasteiger partial charge in [0.1, 0.15) is 5.84 Å². The van der Waals surface area contributed by atoms with Crippen LogP contribution in [0.2, 0.25) is 0 Å². The first-order valence-corrected chi connectivity index (χ1v) is 5.37. The second kappa shape index (κ2) is 5.32. The monoisotopic (exact) mass is 215 g/mol. The highest BCUT2D eigenvalue weighted by Crippen LogP contribution is 2.18. The van der Waals surface area contributed by atoms with Crippen molar-refractivity contribution in [3.05, 3.63) is 0 Å². The van der Waals surface area contributed by atoms with Gasteiger partial charge in [-0.2, -0.15) is 0 Å². The molecule has 0 amide bonds. The van der Waals surface area contributed by atoms with Gasteiger partial charge in [0.15, 0.2) is 0 Å². The van der Waals surface area contributed by atoms with Crippen LogP contribution in [-0.2, 0) is 4.74 Å². The smallest absolute Gasteiger partial charge is 0.143 e. The van der Waals surface area contributed by atoms with Crippen molar-refractivity contribution in [1.29, 1.82) is 0 Å². The van der Waals surface area contributed by atoms with Crippen molar-refractivity contribution in [2.24, 2.45) is 16.8 Å². The topological polar surface area (TPSA) is 79.9 Å². The molecule has 0 aromatic carbocycles. The molecule has 5 nitrogen and oxygen atoms in total. The van der Waals surface area contributed by atoms with Crippen molar-refractivity contribution in [3.8, 4) is 0 Å². The van der Waals surface area contributed by atoms with Gasteiger partial charge in [-0.1, -0.05) is 12.1 Å². The van der Waals surface area contributed by atoms with Crippen LogP contribution in [-0.4, -0.2) is 36.3 Å². The minimum atomic E-state index is 0.0300. The van der Waals surface area contributed by atoms with Gasteiger partial charge in [-0.15, -0.1) is 0 Å². The highest BCUT2D eigenvalue weighted by molar-refractivity contribution is 5.82. The standard InChI is InChI=1S/C10H21N3O2/c1-8(9(11)13-14)6-12-10(2)4-3-5-15-7-10/h8,12,14H,3-7H2,1-2H3,(H2,11,13). The quantitative estimate of drug-likeness (QED) is 0.276. The van der Waals surface area contributed by atoms with Crippen LogP contribution < -0.4 is 11.1 Å². The van der Waals surface area contributed by atoms with Crippen LogP contribution >= 0.6 is 0 Å². The Bertz CT molecular complexity index is 225. The Morgan fingerprint density at radius 2 is 2.47 bits per heavy atom. The summed E-state index contributed by atoms with van der Waals surface area (Å²) >= 11 is 0. The van der Waals surface area contributed by atoms with E-state index < -0.39 is 0 Å². The third kappa shape index (κ3) is 3.68. The van der Waals surface area contributed by atoms with Crippen molar-refractivity contribution in [1.82, 2.24) is 5.32 Å². The van der Waals surface area contributed by atoms with Gasteiger partial charge in [-0.25, -0.2) is 0 Å². The maximum absolute atomic E-state index is 8.52. The lowest BCUT2D eigenvalue weighted by molar-refractivity contribution is 0.0280. The van der Waals surface area contributed by atoms with Crippen LogP contribution in [0.1, 0.15) is 26.7 Å². The van der Waals surface area contributed by atoms with Gasteiger partial charge < -0.3 is 21.0 Å². The highest BCUT2D eigenvalue weighted by Gasteiger charge is 2.27. The van der Waals surface area contributed by atoms with E-state index >= 15 is 0 Å². The van der Waals surface area contributed by atoms with Crippen molar-refractivity contribution in [2.45, 2.75) is 32.2 Å². The van der Waals surface area contributed by atoms with Crippen LogP contribution in [0.5, 0.6) is 0 Å². The van der Waals surface area contributed by atoms with Crippen LogP contribution in [0.25, 0.3) is 0 Å². The molecule has 88 valence electrons. The number of nitrogens with one attached hydrogen (secondary N) is 1. The predicted octanol–water partition coefficient (Wildman–Crippen LogP) is 0.528. The number of hydrogen-bond acceptors (Lipinski definition) is 4. The van der Waals surface area contributed by atoms with Gasteiger partial charge in [-0.3, -0.25) is 0 Å². The van der Waals surface area contributed by atoms with E-state index in [2.05, 4.69) is 17.4 Å². The largest absolute Gasteiger partial charge is 0.409 e. The maximum Gasteiger partial charge on any atom is 0.143 e. The van der Waals surface area contributed by atoms with Gasteiger partial charge in [0.05, 0.1) is 6.61 Å². The average molecular weight is 215 g/mol. The Kier molecular flexibility index (Phi) is 4.35. The summed E-state index contributed by atoms with van der Waals surface area (Å²) in [6.07, 6.45) is 2.19. The number of nitrogens with zero attached hydrogens (tertiary/aromatic N) is 1. The number of hydrogen-bond donors (Lipinski definition) is 3. The lowest BCUT2D eigenvalue weighted by Gasteiger charge is -2.35. The van der Waals surface area contributed by atoms with E-state index in [0.29, 0.717) is 6.54 Å². The molecule has 1 aliphatic rings. The number of rotatable bonds is 4. The normalized spacial score (nSPS) is 30.1. The first-order valence-electron chi connectivity index (χ1n) is 5.37. The van der Waals surface area contributed by atoms with E-state index in [1.165, 1.54) is 0 Å². The van der Waals surface area contributed by atoms with E-state index in [9.17, 15) is 0 Å². The number of amidine groups is 1. The molecule has 0 aliphatic carbocycles. The fraction of sp³-hybridized carbons (Fsp3) is 0.900. The minimum Gasteiger partial charge on any atom is -0.409 e. The molecule has 1 saturated heterocycles. The summed E-state index contributed by atoms with van der Waals surface area (Å²) < 4.78 is 5.43. The molecule has 1 rings (SSSR count). The molecule has 1 heterocycles. The predicted molar refractivity (Wildman–Crippen MR) is 59.0 cm³/mol. The van der Waals surface area contributed by atoms with Crippen molar-refractivity contribution >= 4 is 5.84 Å². The van der Waals surface area contributed by atoms with Crippen LogP contribution in [0.4, 0.5) is 0 Å². The van der Waals surface area contributed by atoms with Crippen LogP contribution in [0.15, 0.2) is 5.16 Å². The fourth-order valence-electron chi connectivity index (χ4n) is 1.68. The van der Waals surface area contributed by atoms with Gasteiger partial charge in [-0.05, 0) is 19.8 Å². The van der Waals surface area contributed by atoms with E-state index in [1.807, 2.05) is 6.92 Å². The summed E-state index contributed by atoms with van der Waals surface area (Å²) in [5, 5.41) is 14.9. The Morgan fingerprint density at radius 1 is 1.73 bits per heavy atom. The lowest BCUT2D eigenvalue weighted by Crippen LogP contribution is -2.51. The molecule has 0 radical (unpaired) electrons. The molecular weight excluding hydrogens is 194 g/mol. The molecule has 2 atom stereocenters. The Hall–Kier alpha value is -0.810. The van der Waals surface area contributed by atoms with Crippen molar-refractivity contribution in [3.63, 3.8) is 0 Å². The number of ether oxygens (including phenoxy) is 1. The molecule has 0 aromatic heterocycles. The van der Waals surface area contributed by atoms with E-state index in [0.717, 1.165) is 26.1 Å². The zero-order valence-electron chi connectivity index (χ0n) is 9.49. The minimum absolute atomic E-state index is 0.0300. The molecule has 0 saturated carbocycles. The fourth-order valence-corrected chi connectivity index (χ4v) is 1.68. The SMILES string of the molecule is CC(CNC1(C)CCCOC1)C(N)=NO. The lowest BCUT2D eigenvalue weighted by atomic mass is 9.94. The van der Waals surface area contributed by atoms with Crippen molar-refractivity contribution in [2.75, 3.05) is 19.8 Å². The first-order chi connectivity index (χ1) is 7.07. The molecule has 4 N–H and O–H groups in total. The molecule has 0 bridgehead atoms. The van der Waals surface area contributed by atoms with Crippen LogP contribution in [0, 0.1) is 5.92 Å². The molecule has 2 unspecified atom stereocenters. The first kappa shape index (κ1) is 12.3. The third-order valence-electron chi connectivity index (χ3n) is 2.89. The summed E-state index contributed by atoms with van der Waals surface area (Å²) in [4.78, 5) is 0. The summed E-state index contributed by atoms with van der Waals surface area (Å²) in [7, 11) is 0. The molecule has 1 fully saturated rings.